The SMILES string of the molecule is Cc1cc(NC(=O)Cc2ccc(OC(F)F)cc2)n(-c2cccc(Cl)c2)n1. The van der Waals surface area contributed by atoms with E-state index in [9.17, 15) is 13.6 Å². The minimum Gasteiger partial charge on any atom is -0.435 e. The third-order valence-corrected chi connectivity index (χ3v) is 3.90. The number of nitrogens with zero attached hydrogens (tertiary/aromatic N) is 2. The summed E-state index contributed by atoms with van der Waals surface area (Å²) in [6, 6.07) is 14.8. The fraction of sp³-hybridized carbons (Fsp3) is 0.158. The lowest BCUT2D eigenvalue weighted by Gasteiger charge is -2.10. The van der Waals surface area contributed by atoms with Crippen molar-refractivity contribution >= 4 is 23.3 Å². The average molecular weight is 392 g/mol. The summed E-state index contributed by atoms with van der Waals surface area (Å²) < 4.78 is 30.2. The highest BCUT2D eigenvalue weighted by molar-refractivity contribution is 6.30. The Kier molecular flexibility index (Phi) is 5.71. The molecular formula is C19H16ClF2N3O2. The van der Waals surface area contributed by atoms with Crippen molar-refractivity contribution in [2.75, 3.05) is 5.32 Å². The number of halogens is 3. The van der Waals surface area contributed by atoms with Gasteiger partial charge in [0.05, 0.1) is 17.8 Å². The van der Waals surface area contributed by atoms with Crippen molar-refractivity contribution in [3.05, 3.63) is 70.9 Å². The van der Waals surface area contributed by atoms with Crippen LogP contribution in [0, 0.1) is 6.92 Å². The molecule has 1 aromatic heterocycles. The van der Waals surface area contributed by atoms with Gasteiger partial charge in [-0.25, -0.2) is 4.68 Å². The van der Waals surface area contributed by atoms with Crippen LogP contribution < -0.4 is 10.1 Å². The Morgan fingerprint density at radius 1 is 1.22 bits per heavy atom. The zero-order chi connectivity index (χ0) is 19.4. The maximum atomic E-state index is 12.4. The summed E-state index contributed by atoms with van der Waals surface area (Å²) in [5.41, 5.74) is 2.12. The Labute approximate surface area is 159 Å². The molecule has 1 amide bonds. The summed E-state index contributed by atoms with van der Waals surface area (Å²) >= 11 is 6.03. The van der Waals surface area contributed by atoms with Crippen molar-refractivity contribution in [3.8, 4) is 11.4 Å². The number of ether oxygens (including phenoxy) is 1. The summed E-state index contributed by atoms with van der Waals surface area (Å²) in [6.07, 6.45) is 0.0781. The lowest BCUT2D eigenvalue weighted by Crippen LogP contribution is -2.17. The fourth-order valence-corrected chi connectivity index (χ4v) is 2.74. The number of amides is 1. The van der Waals surface area contributed by atoms with Crippen LogP contribution in [0.4, 0.5) is 14.6 Å². The number of aryl methyl sites for hydroxylation is 1. The quantitative estimate of drug-likeness (QED) is 0.667. The highest BCUT2D eigenvalue weighted by Crippen LogP contribution is 2.21. The molecule has 0 aliphatic heterocycles. The fourth-order valence-electron chi connectivity index (χ4n) is 2.55. The van der Waals surface area contributed by atoms with Gasteiger partial charge in [-0.05, 0) is 42.8 Å². The highest BCUT2D eigenvalue weighted by atomic mass is 35.5. The van der Waals surface area contributed by atoms with Gasteiger partial charge in [-0.2, -0.15) is 13.9 Å². The minimum absolute atomic E-state index is 0.0452. The third kappa shape index (κ3) is 5.04. The number of alkyl halides is 2. The van der Waals surface area contributed by atoms with E-state index in [1.807, 2.05) is 13.0 Å². The highest BCUT2D eigenvalue weighted by Gasteiger charge is 2.12. The van der Waals surface area contributed by atoms with Gasteiger partial charge in [0.15, 0.2) is 0 Å². The van der Waals surface area contributed by atoms with E-state index < -0.39 is 6.61 Å². The summed E-state index contributed by atoms with van der Waals surface area (Å²) in [6.45, 7) is -1.06. The molecule has 3 aromatic rings. The van der Waals surface area contributed by atoms with Gasteiger partial charge in [0.25, 0.3) is 0 Å². The number of nitrogens with one attached hydrogen (secondary N) is 1. The van der Waals surface area contributed by atoms with Crippen LogP contribution in [0.3, 0.4) is 0 Å². The van der Waals surface area contributed by atoms with Crippen molar-refractivity contribution in [2.24, 2.45) is 0 Å². The van der Waals surface area contributed by atoms with E-state index >= 15 is 0 Å². The largest absolute Gasteiger partial charge is 0.435 e. The molecule has 0 spiro atoms. The minimum atomic E-state index is -2.88. The number of hydrogen-bond donors (Lipinski definition) is 1. The summed E-state index contributed by atoms with van der Waals surface area (Å²) in [5.74, 6) is 0.293. The third-order valence-electron chi connectivity index (χ3n) is 3.66. The topological polar surface area (TPSA) is 56.1 Å². The number of rotatable bonds is 6. The molecule has 1 N–H and O–H groups in total. The standard InChI is InChI=1S/C19H16ClF2N3O2/c1-12-9-17(25(24-12)15-4-2-3-14(20)11-15)23-18(26)10-13-5-7-16(8-6-13)27-19(21)22/h2-9,11,19H,10H2,1H3,(H,23,26). The maximum absolute atomic E-state index is 12.4. The van der Waals surface area contributed by atoms with Gasteiger partial charge in [-0.1, -0.05) is 29.8 Å². The Hall–Kier alpha value is -2.93. The van der Waals surface area contributed by atoms with Gasteiger partial charge in [0.2, 0.25) is 5.91 Å². The molecule has 27 heavy (non-hydrogen) atoms. The van der Waals surface area contributed by atoms with E-state index in [2.05, 4.69) is 15.2 Å². The predicted molar refractivity (Wildman–Crippen MR) is 98.7 cm³/mol. The van der Waals surface area contributed by atoms with Crippen LogP contribution in [0.2, 0.25) is 5.02 Å². The van der Waals surface area contributed by atoms with Gasteiger partial charge in [-0.3, -0.25) is 4.79 Å². The monoisotopic (exact) mass is 391 g/mol. The van der Waals surface area contributed by atoms with Crippen molar-refractivity contribution in [1.29, 1.82) is 0 Å². The lowest BCUT2D eigenvalue weighted by molar-refractivity contribution is -0.115. The molecule has 0 fully saturated rings. The lowest BCUT2D eigenvalue weighted by atomic mass is 10.1. The second-order valence-electron chi connectivity index (χ2n) is 5.81. The van der Waals surface area contributed by atoms with Crippen LogP contribution in [0.25, 0.3) is 5.69 Å². The maximum Gasteiger partial charge on any atom is 0.387 e. The molecule has 0 saturated heterocycles. The summed E-state index contributed by atoms with van der Waals surface area (Å²) in [7, 11) is 0. The van der Waals surface area contributed by atoms with Crippen molar-refractivity contribution in [2.45, 2.75) is 20.0 Å². The Morgan fingerprint density at radius 3 is 2.63 bits per heavy atom. The Balaban J connectivity index is 1.71. The van der Waals surface area contributed by atoms with Gasteiger partial charge < -0.3 is 10.1 Å². The first-order valence-corrected chi connectivity index (χ1v) is 8.45. The number of carbonyl (C=O) groups is 1. The van der Waals surface area contributed by atoms with E-state index in [1.54, 1.807) is 41.1 Å². The zero-order valence-electron chi connectivity index (χ0n) is 14.3. The first-order chi connectivity index (χ1) is 12.9. The van der Waals surface area contributed by atoms with Crippen LogP contribution in [0.15, 0.2) is 54.6 Å². The molecule has 5 nitrogen and oxygen atoms in total. The molecule has 0 atom stereocenters. The first kappa shape index (κ1) is 18.8. The number of hydrogen-bond acceptors (Lipinski definition) is 3. The van der Waals surface area contributed by atoms with Crippen LogP contribution >= 0.6 is 11.6 Å². The molecule has 0 unspecified atom stereocenters. The van der Waals surface area contributed by atoms with Crippen LogP contribution in [0.1, 0.15) is 11.3 Å². The normalized spacial score (nSPS) is 10.9. The Morgan fingerprint density at radius 2 is 1.96 bits per heavy atom. The molecule has 2 aromatic carbocycles. The Bertz CT molecular complexity index is 942. The second kappa shape index (κ2) is 8.18. The molecule has 0 radical (unpaired) electrons. The molecule has 0 saturated carbocycles. The molecule has 0 aliphatic carbocycles. The number of anilines is 1. The molecule has 3 rings (SSSR count). The predicted octanol–water partition coefficient (Wildman–Crippen LogP) is 4.62. The summed E-state index contributed by atoms with van der Waals surface area (Å²) in [5, 5.41) is 7.75. The van der Waals surface area contributed by atoms with Gasteiger partial charge in [0, 0.05) is 11.1 Å². The molecule has 140 valence electrons. The first-order valence-electron chi connectivity index (χ1n) is 8.07. The second-order valence-corrected chi connectivity index (χ2v) is 6.25. The molecule has 8 heteroatoms. The van der Waals surface area contributed by atoms with Crippen molar-refractivity contribution < 1.29 is 18.3 Å². The molecule has 0 aliphatic rings. The van der Waals surface area contributed by atoms with E-state index in [4.69, 9.17) is 11.6 Å². The van der Waals surface area contributed by atoms with Crippen LogP contribution in [-0.4, -0.2) is 22.3 Å². The molecule has 0 bridgehead atoms. The number of carbonyl (C=O) groups excluding carboxylic acids is 1. The average Bonchev–Trinajstić information content (AvgIpc) is 2.96. The number of benzene rings is 2. The van der Waals surface area contributed by atoms with Crippen LogP contribution in [0.5, 0.6) is 5.75 Å². The van der Waals surface area contributed by atoms with Gasteiger partial charge >= 0.3 is 6.61 Å². The van der Waals surface area contributed by atoms with E-state index in [0.717, 1.165) is 11.4 Å². The van der Waals surface area contributed by atoms with Gasteiger partial charge in [-0.15, -0.1) is 0 Å². The summed E-state index contributed by atoms with van der Waals surface area (Å²) in [4.78, 5) is 12.4. The van der Waals surface area contributed by atoms with Crippen molar-refractivity contribution in [3.63, 3.8) is 0 Å². The van der Waals surface area contributed by atoms with Crippen molar-refractivity contribution in [1.82, 2.24) is 9.78 Å². The smallest absolute Gasteiger partial charge is 0.387 e. The van der Waals surface area contributed by atoms with Crippen LogP contribution in [-0.2, 0) is 11.2 Å². The van der Waals surface area contributed by atoms with E-state index in [1.165, 1.54) is 12.1 Å². The van der Waals surface area contributed by atoms with E-state index in [0.29, 0.717) is 16.4 Å². The molecular weight excluding hydrogens is 376 g/mol. The zero-order valence-corrected chi connectivity index (χ0v) is 15.1. The van der Waals surface area contributed by atoms with E-state index in [-0.39, 0.29) is 18.1 Å². The number of aromatic nitrogens is 2. The molecule has 1 heterocycles. The van der Waals surface area contributed by atoms with Gasteiger partial charge in [0.1, 0.15) is 11.6 Å².